The lowest BCUT2D eigenvalue weighted by atomic mass is 9.68. The fourth-order valence-electron chi connectivity index (χ4n) is 4.72. The molecule has 0 heterocycles. The molecule has 0 bridgehead atoms. The monoisotopic (exact) mass is 465 g/mol. The van der Waals surface area contributed by atoms with Crippen LogP contribution in [0, 0.1) is 5.41 Å². The molecule has 0 rings (SSSR count). The highest BCUT2D eigenvalue weighted by Gasteiger charge is 2.56. The van der Waals surface area contributed by atoms with Crippen LogP contribution >= 0.6 is 0 Å². The van der Waals surface area contributed by atoms with E-state index >= 15 is 0 Å². The van der Waals surface area contributed by atoms with E-state index in [4.69, 9.17) is 0 Å². The number of hydrogen-bond acceptors (Lipinski definition) is 4. The summed E-state index contributed by atoms with van der Waals surface area (Å²) in [6.07, 6.45) is 12.1. The van der Waals surface area contributed by atoms with E-state index in [0.717, 1.165) is 19.3 Å². The van der Waals surface area contributed by atoms with Crippen molar-refractivity contribution in [1.29, 1.82) is 0 Å². The number of rotatable bonds is 18. The Labute approximate surface area is 191 Å². The minimum absolute atomic E-state index is 0.142. The predicted molar refractivity (Wildman–Crippen MR) is 128 cm³/mol. The summed E-state index contributed by atoms with van der Waals surface area (Å²) in [5, 5.41) is 13.2. The molecule has 0 spiro atoms. The molecule has 0 amide bonds. The Balaban J connectivity index is 4.92. The smallest absolute Gasteiger partial charge is 0.363 e. The lowest BCUT2D eigenvalue weighted by molar-refractivity contribution is -0.895. The summed E-state index contributed by atoms with van der Waals surface area (Å²) < 4.78 is 33.3. The van der Waals surface area contributed by atoms with E-state index < -0.39 is 38.8 Å². The summed E-state index contributed by atoms with van der Waals surface area (Å²) in [6, 6.07) is -0.862. The van der Waals surface area contributed by atoms with Gasteiger partial charge in [-0.05, 0) is 19.9 Å². The number of nitrogens with zero attached hydrogens (tertiary/aromatic N) is 1. The number of aliphatic carboxylic acids is 1. The molecule has 31 heavy (non-hydrogen) atoms. The molecular formula is C23H49N2O5S+. The molecule has 0 aromatic heterocycles. The molecule has 0 radical (unpaired) electrons. The van der Waals surface area contributed by atoms with Crippen molar-refractivity contribution in [1.82, 2.24) is 5.32 Å². The molecule has 2 unspecified atom stereocenters. The minimum atomic E-state index is -4.30. The van der Waals surface area contributed by atoms with Crippen molar-refractivity contribution in [3.63, 3.8) is 0 Å². The molecule has 0 saturated carbocycles. The van der Waals surface area contributed by atoms with E-state index in [1.807, 2.05) is 0 Å². The second-order valence-corrected chi connectivity index (χ2v) is 12.2. The van der Waals surface area contributed by atoms with Gasteiger partial charge in [0.2, 0.25) is 0 Å². The van der Waals surface area contributed by atoms with Gasteiger partial charge in [-0.15, -0.1) is 0 Å². The Morgan fingerprint density at radius 3 is 1.68 bits per heavy atom. The molecule has 8 heteroatoms. The third-order valence-corrected chi connectivity index (χ3v) is 7.57. The number of carboxylic acids is 1. The Kier molecular flexibility index (Phi) is 12.8. The largest absolute Gasteiger partial charge is 0.477 e. The molecule has 0 aromatic rings. The molecule has 2 atom stereocenters. The van der Waals surface area contributed by atoms with Gasteiger partial charge in [0.15, 0.2) is 6.04 Å². The van der Waals surface area contributed by atoms with Crippen molar-refractivity contribution >= 4 is 16.1 Å². The van der Waals surface area contributed by atoms with Crippen LogP contribution < -0.4 is 5.32 Å². The van der Waals surface area contributed by atoms with Crippen LogP contribution in [-0.2, 0) is 14.9 Å². The average Bonchev–Trinajstić information content (AvgIpc) is 2.56. The Bertz CT molecular complexity index is 628. The molecule has 3 N–H and O–H groups in total. The van der Waals surface area contributed by atoms with Gasteiger partial charge in [-0.25, -0.2) is 4.79 Å². The van der Waals surface area contributed by atoms with Gasteiger partial charge in [0.1, 0.15) is 0 Å². The van der Waals surface area contributed by atoms with Gasteiger partial charge in [0.25, 0.3) is 10.1 Å². The number of carboxylic acid groups (broad SMARTS) is 1. The SMILES string of the molecule is CCCCCCCCCCCCNC(C)(CS(=O)(=O)O)C(C)(C)C(C(=O)O)[N+](C)(C)C. The maximum Gasteiger partial charge on any atom is 0.363 e. The fourth-order valence-corrected chi connectivity index (χ4v) is 5.92. The normalized spacial score (nSPS) is 16.1. The first-order chi connectivity index (χ1) is 14.1. The molecule has 0 aromatic carbocycles. The minimum Gasteiger partial charge on any atom is -0.477 e. The number of quaternary nitrogens is 1. The Morgan fingerprint density at radius 2 is 1.32 bits per heavy atom. The van der Waals surface area contributed by atoms with Crippen LogP contribution in [0.4, 0.5) is 0 Å². The van der Waals surface area contributed by atoms with Crippen LogP contribution in [0.3, 0.4) is 0 Å². The van der Waals surface area contributed by atoms with Gasteiger partial charge in [0, 0.05) is 11.0 Å². The van der Waals surface area contributed by atoms with Crippen molar-refractivity contribution in [3.05, 3.63) is 0 Å². The molecule has 0 fully saturated rings. The Hall–Kier alpha value is -0.700. The van der Waals surface area contributed by atoms with Crippen LogP contribution in [0.25, 0.3) is 0 Å². The second kappa shape index (κ2) is 13.1. The van der Waals surface area contributed by atoms with Crippen molar-refractivity contribution in [2.24, 2.45) is 5.41 Å². The fraction of sp³-hybridized carbons (Fsp3) is 0.957. The zero-order valence-electron chi connectivity index (χ0n) is 21.0. The van der Waals surface area contributed by atoms with Crippen molar-refractivity contribution < 1.29 is 27.4 Å². The number of hydrogen-bond donors (Lipinski definition) is 3. The number of carbonyl (C=O) groups is 1. The summed E-state index contributed by atoms with van der Waals surface area (Å²) in [7, 11) is 1.07. The van der Waals surface area contributed by atoms with E-state index in [9.17, 15) is 22.9 Å². The van der Waals surface area contributed by atoms with Crippen LogP contribution in [-0.4, -0.2) is 73.6 Å². The molecular weight excluding hydrogens is 416 g/mol. The third kappa shape index (κ3) is 11.1. The van der Waals surface area contributed by atoms with Crippen LogP contribution in [0.1, 0.15) is 91.9 Å². The molecule has 0 saturated heterocycles. The molecule has 0 aliphatic heterocycles. The van der Waals surface area contributed by atoms with Gasteiger partial charge >= 0.3 is 5.97 Å². The molecule has 186 valence electrons. The van der Waals surface area contributed by atoms with E-state index in [2.05, 4.69) is 12.2 Å². The van der Waals surface area contributed by atoms with E-state index in [0.29, 0.717) is 6.54 Å². The third-order valence-electron chi connectivity index (χ3n) is 6.63. The van der Waals surface area contributed by atoms with E-state index in [-0.39, 0.29) is 4.48 Å². The summed E-state index contributed by atoms with van der Waals surface area (Å²) >= 11 is 0. The van der Waals surface area contributed by atoms with Gasteiger partial charge in [0.05, 0.1) is 26.9 Å². The Morgan fingerprint density at radius 1 is 0.903 bits per heavy atom. The predicted octanol–water partition coefficient (Wildman–Crippen LogP) is 4.33. The van der Waals surface area contributed by atoms with Crippen LogP contribution in [0.2, 0.25) is 0 Å². The number of nitrogens with one attached hydrogen (secondary N) is 1. The average molecular weight is 466 g/mol. The summed E-state index contributed by atoms with van der Waals surface area (Å²) in [6.45, 7) is 8.05. The maximum atomic E-state index is 12.1. The lowest BCUT2D eigenvalue weighted by Crippen LogP contribution is -2.69. The highest BCUT2D eigenvalue weighted by molar-refractivity contribution is 7.85. The summed E-state index contributed by atoms with van der Waals surface area (Å²) in [4.78, 5) is 12.1. The van der Waals surface area contributed by atoms with Crippen LogP contribution in [0.15, 0.2) is 0 Å². The molecule has 0 aliphatic carbocycles. The first-order valence-corrected chi connectivity index (χ1v) is 13.4. The zero-order chi connectivity index (χ0) is 24.3. The van der Waals surface area contributed by atoms with Gasteiger partial charge < -0.3 is 14.9 Å². The van der Waals surface area contributed by atoms with Crippen LogP contribution in [0.5, 0.6) is 0 Å². The zero-order valence-corrected chi connectivity index (χ0v) is 21.9. The van der Waals surface area contributed by atoms with E-state index in [1.165, 1.54) is 44.9 Å². The maximum absolute atomic E-state index is 12.1. The number of likely N-dealkylation sites (N-methyl/N-ethyl adjacent to an activating group) is 1. The highest BCUT2D eigenvalue weighted by Crippen LogP contribution is 2.39. The molecule has 7 nitrogen and oxygen atoms in total. The second-order valence-electron chi connectivity index (χ2n) is 10.7. The summed E-state index contributed by atoms with van der Waals surface area (Å²) in [5.41, 5.74) is -2.06. The van der Waals surface area contributed by atoms with Gasteiger partial charge in [-0.1, -0.05) is 78.6 Å². The highest BCUT2D eigenvalue weighted by atomic mass is 32.2. The van der Waals surface area contributed by atoms with Crippen molar-refractivity contribution in [3.8, 4) is 0 Å². The van der Waals surface area contributed by atoms with Gasteiger partial charge in [-0.3, -0.25) is 4.55 Å². The topological polar surface area (TPSA) is 104 Å². The molecule has 0 aliphatic rings. The quantitative estimate of drug-likeness (QED) is 0.158. The van der Waals surface area contributed by atoms with E-state index in [1.54, 1.807) is 41.9 Å². The van der Waals surface area contributed by atoms with Gasteiger partial charge in [-0.2, -0.15) is 8.42 Å². The number of unbranched alkanes of at least 4 members (excludes halogenated alkanes) is 9. The van der Waals surface area contributed by atoms with Crippen molar-refractivity contribution in [2.75, 3.05) is 33.4 Å². The summed E-state index contributed by atoms with van der Waals surface area (Å²) in [5.74, 6) is -1.52. The standard InChI is InChI=1S/C23H48N2O5S/c1-8-9-10-11-12-13-14-15-16-17-18-24-23(4,19-31(28,29)30)22(2,3)20(21(26)27)25(5,6)7/h20,24H,8-19H2,1-7H3,(H-,26,27,28,29,30)/p+1. The first-order valence-electron chi connectivity index (χ1n) is 11.8. The first kappa shape index (κ1) is 30.3. The lowest BCUT2D eigenvalue weighted by Gasteiger charge is -2.50. The van der Waals surface area contributed by atoms with Crippen molar-refractivity contribution in [2.45, 2.75) is 103 Å².